The molecule has 5 rings (SSSR count). The lowest BCUT2D eigenvalue weighted by Crippen LogP contribution is -2.61. The number of carbonyl (C=O) groups is 1. The van der Waals surface area contributed by atoms with Gasteiger partial charge in [0.2, 0.25) is 0 Å². The molecular formula is C30H37ClN8O4. The van der Waals surface area contributed by atoms with Crippen LogP contribution in [0.25, 0.3) is 22.8 Å². The Balaban J connectivity index is 1.52. The summed E-state index contributed by atoms with van der Waals surface area (Å²) in [6, 6.07) is 7.43. The van der Waals surface area contributed by atoms with Crippen LogP contribution in [0.2, 0.25) is 5.02 Å². The molecule has 2 N–H and O–H groups in total. The number of ether oxygens (including phenoxy) is 2. The van der Waals surface area contributed by atoms with E-state index in [-0.39, 0.29) is 18.1 Å². The highest BCUT2D eigenvalue weighted by Gasteiger charge is 2.47. The van der Waals surface area contributed by atoms with Crippen molar-refractivity contribution in [2.75, 3.05) is 58.4 Å². The average Bonchev–Trinajstić information content (AvgIpc) is 3.28. The van der Waals surface area contributed by atoms with Crippen LogP contribution in [0.1, 0.15) is 29.7 Å². The Kier molecular flexibility index (Phi) is 8.78. The number of carbonyl (C=O) groups excluding carboxylic acids is 1. The standard InChI is InChI=1S/C30H37ClN8O4/c1-18-24(13-32)36-37(4)26(18)25-19(2)28(39-16-30(17-39)8-10-38(11-9-30)29(41)42-5)35-27(34-25)22-12-21(6-7-23(22)31)43-15-20(40)14-33-3/h6-7,12,20,33,40H,8-11,14-17H2,1-5H3/t20-/m1/s1. The van der Waals surface area contributed by atoms with Gasteiger partial charge in [0.05, 0.1) is 23.5 Å². The fourth-order valence-electron chi connectivity index (χ4n) is 6.01. The summed E-state index contributed by atoms with van der Waals surface area (Å²) in [5, 5.41) is 27.5. The third kappa shape index (κ3) is 5.98. The number of piperidine rings is 1. The number of aromatic nitrogens is 4. The first-order valence-corrected chi connectivity index (χ1v) is 14.6. The van der Waals surface area contributed by atoms with Crippen LogP contribution in [0.5, 0.6) is 5.75 Å². The van der Waals surface area contributed by atoms with Gasteiger partial charge in [-0.2, -0.15) is 10.4 Å². The fourth-order valence-corrected chi connectivity index (χ4v) is 6.21. The lowest BCUT2D eigenvalue weighted by atomic mass is 9.72. The van der Waals surface area contributed by atoms with E-state index in [0.717, 1.165) is 48.6 Å². The Bertz CT molecular complexity index is 1550. The molecule has 2 aromatic heterocycles. The third-order valence-corrected chi connectivity index (χ3v) is 8.73. The number of aliphatic hydroxyl groups excluding tert-OH is 1. The van der Waals surface area contributed by atoms with E-state index in [1.165, 1.54) is 7.11 Å². The molecule has 12 nitrogen and oxygen atoms in total. The summed E-state index contributed by atoms with van der Waals surface area (Å²) in [5.74, 6) is 1.74. The van der Waals surface area contributed by atoms with E-state index in [2.05, 4.69) is 21.4 Å². The van der Waals surface area contributed by atoms with Crippen molar-refractivity contribution in [3.63, 3.8) is 0 Å². The molecule has 1 aromatic carbocycles. The zero-order valence-corrected chi connectivity index (χ0v) is 25.9. The number of halogens is 1. The second kappa shape index (κ2) is 12.4. The van der Waals surface area contributed by atoms with Gasteiger partial charge in [0, 0.05) is 61.9 Å². The summed E-state index contributed by atoms with van der Waals surface area (Å²) >= 11 is 6.71. The van der Waals surface area contributed by atoms with Crippen LogP contribution in [0.4, 0.5) is 10.6 Å². The number of likely N-dealkylation sites (tertiary alicyclic amines) is 1. The van der Waals surface area contributed by atoms with Gasteiger partial charge in [0.25, 0.3) is 0 Å². The third-order valence-electron chi connectivity index (χ3n) is 8.40. The Morgan fingerprint density at radius 3 is 2.58 bits per heavy atom. The molecule has 1 amide bonds. The Morgan fingerprint density at radius 1 is 1.23 bits per heavy atom. The van der Waals surface area contributed by atoms with Crippen LogP contribution in [0, 0.1) is 30.6 Å². The van der Waals surface area contributed by atoms with Crippen molar-refractivity contribution in [2.45, 2.75) is 32.8 Å². The van der Waals surface area contributed by atoms with Gasteiger partial charge in [-0.25, -0.2) is 14.8 Å². The molecule has 2 aliphatic rings. The fraction of sp³-hybridized carbons (Fsp3) is 0.500. The number of nitrogens with one attached hydrogen (secondary N) is 1. The lowest BCUT2D eigenvalue weighted by molar-refractivity contribution is 0.0621. The van der Waals surface area contributed by atoms with Crippen molar-refractivity contribution >= 4 is 23.5 Å². The van der Waals surface area contributed by atoms with E-state index in [0.29, 0.717) is 53.2 Å². The van der Waals surface area contributed by atoms with Gasteiger partial charge in [-0.1, -0.05) is 11.6 Å². The number of nitriles is 1. The summed E-state index contributed by atoms with van der Waals surface area (Å²) in [6.07, 6.45) is 0.826. The summed E-state index contributed by atoms with van der Waals surface area (Å²) in [6.45, 7) is 7.30. The van der Waals surface area contributed by atoms with Crippen molar-refractivity contribution in [3.8, 4) is 34.6 Å². The highest BCUT2D eigenvalue weighted by molar-refractivity contribution is 6.33. The van der Waals surface area contributed by atoms with Crippen LogP contribution >= 0.6 is 11.6 Å². The molecule has 228 valence electrons. The number of benzene rings is 1. The van der Waals surface area contributed by atoms with Crippen molar-refractivity contribution < 1.29 is 19.4 Å². The number of amides is 1. The van der Waals surface area contributed by atoms with E-state index in [1.807, 2.05) is 13.8 Å². The minimum absolute atomic E-state index is 0.0955. The van der Waals surface area contributed by atoms with Crippen molar-refractivity contribution in [1.29, 1.82) is 5.26 Å². The molecule has 0 unspecified atom stereocenters. The minimum atomic E-state index is -0.668. The van der Waals surface area contributed by atoms with Gasteiger partial charge >= 0.3 is 6.09 Å². The predicted octanol–water partition coefficient (Wildman–Crippen LogP) is 3.31. The van der Waals surface area contributed by atoms with E-state index in [1.54, 1.807) is 41.9 Å². The van der Waals surface area contributed by atoms with Crippen LogP contribution in [-0.4, -0.2) is 95.4 Å². The number of aryl methyl sites for hydroxylation is 1. The number of likely N-dealkylation sites (N-methyl/N-ethyl adjacent to an activating group) is 1. The normalized spacial score (nSPS) is 16.5. The molecule has 2 aliphatic heterocycles. The molecule has 43 heavy (non-hydrogen) atoms. The monoisotopic (exact) mass is 608 g/mol. The molecular weight excluding hydrogens is 572 g/mol. The zero-order valence-electron chi connectivity index (χ0n) is 25.1. The van der Waals surface area contributed by atoms with Crippen molar-refractivity contribution in [1.82, 2.24) is 30.0 Å². The molecule has 1 spiro atoms. The maximum absolute atomic E-state index is 12.0. The number of methoxy groups -OCH3 is 1. The van der Waals surface area contributed by atoms with Gasteiger partial charge in [0.1, 0.15) is 30.3 Å². The maximum Gasteiger partial charge on any atom is 0.409 e. The van der Waals surface area contributed by atoms with Crippen LogP contribution < -0.4 is 15.0 Å². The quantitative estimate of drug-likeness (QED) is 0.391. The molecule has 4 heterocycles. The minimum Gasteiger partial charge on any atom is -0.491 e. The first-order valence-electron chi connectivity index (χ1n) is 14.3. The molecule has 0 aliphatic carbocycles. The number of hydrogen-bond donors (Lipinski definition) is 2. The highest BCUT2D eigenvalue weighted by atomic mass is 35.5. The second-order valence-electron chi connectivity index (χ2n) is 11.4. The Morgan fingerprint density at radius 2 is 1.95 bits per heavy atom. The van der Waals surface area contributed by atoms with E-state index < -0.39 is 6.10 Å². The first-order chi connectivity index (χ1) is 20.6. The molecule has 0 bridgehead atoms. The predicted molar refractivity (Wildman–Crippen MR) is 162 cm³/mol. The van der Waals surface area contributed by atoms with Crippen molar-refractivity contribution in [3.05, 3.63) is 40.0 Å². The van der Waals surface area contributed by atoms with E-state index >= 15 is 0 Å². The summed E-state index contributed by atoms with van der Waals surface area (Å²) < 4.78 is 12.4. The molecule has 3 aromatic rings. The SMILES string of the molecule is CNC[C@@H](O)COc1ccc(Cl)c(-c2nc(-c3c(C)c(C#N)nn3C)c(C)c(N3CC4(CCN(C(=O)OC)CC4)C3)n2)c1. The smallest absolute Gasteiger partial charge is 0.409 e. The van der Waals surface area contributed by atoms with Crippen LogP contribution in [0.3, 0.4) is 0 Å². The molecule has 1 atom stereocenters. The van der Waals surface area contributed by atoms with Gasteiger partial charge in [-0.3, -0.25) is 4.68 Å². The molecule has 2 fully saturated rings. The van der Waals surface area contributed by atoms with Crippen LogP contribution in [-0.2, 0) is 11.8 Å². The number of anilines is 1. The number of hydrogen-bond acceptors (Lipinski definition) is 10. The summed E-state index contributed by atoms with van der Waals surface area (Å²) in [5.41, 5.74) is 4.04. The average molecular weight is 609 g/mol. The topological polar surface area (TPSA) is 142 Å². The lowest BCUT2D eigenvalue weighted by Gasteiger charge is -2.54. The second-order valence-corrected chi connectivity index (χ2v) is 11.8. The number of aliphatic hydroxyl groups is 1. The molecule has 13 heteroatoms. The van der Waals surface area contributed by atoms with Gasteiger partial charge in [-0.05, 0) is 51.9 Å². The Hall–Kier alpha value is -3.92. The molecule has 0 saturated carbocycles. The van der Waals surface area contributed by atoms with Crippen LogP contribution in [0.15, 0.2) is 18.2 Å². The zero-order chi connectivity index (χ0) is 30.9. The van der Waals surface area contributed by atoms with Crippen molar-refractivity contribution in [2.24, 2.45) is 12.5 Å². The highest BCUT2D eigenvalue weighted by Crippen LogP contribution is 2.45. The first kappa shape index (κ1) is 30.5. The molecule has 0 radical (unpaired) electrons. The van der Waals surface area contributed by atoms with Gasteiger partial charge in [0.15, 0.2) is 11.5 Å². The van der Waals surface area contributed by atoms with E-state index in [4.69, 9.17) is 31.0 Å². The van der Waals surface area contributed by atoms with E-state index in [9.17, 15) is 15.2 Å². The summed E-state index contributed by atoms with van der Waals surface area (Å²) in [4.78, 5) is 26.0. The number of nitrogens with zero attached hydrogens (tertiary/aromatic N) is 7. The van der Waals surface area contributed by atoms with Gasteiger partial charge < -0.3 is 29.7 Å². The Labute approximate surface area is 256 Å². The summed E-state index contributed by atoms with van der Waals surface area (Å²) in [7, 11) is 4.98. The molecule has 2 saturated heterocycles. The number of rotatable bonds is 8. The largest absolute Gasteiger partial charge is 0.491 e. The van der Waals surface area contributed by atoms with Gasteiger partial charge in [-0.15, -0.1) is 0 Å². The maximum atomic E-state index is 12.0.